The zero-order valence-corrected chi connectivity index (χ0v) is 22.0. The first-order chi connectivity index (χ1) is 18.0. The topological polar surface area (TPSA) is 35.6 Å². The highest BCUT2D eigenvalue weighted by molar-refractivity contribution is 5.87. The summed E-state index contributed by atoms with van der Waals surface area (Å²) in [5.74, 6) is 2.13. The van der Waals surface area contributed by atoms with Crippen LogP contribution in [-0.4, -0.2) is 19.1 Å². The van der Waals surface area contributed by atoms with Gasteiger partial charge >= 0.3 is 0 Å². The molecule has 4 nitrogen and oxygen atoms in total. The summed E-state index contributed by atoms with van der Waals surface area (Å²) in [5.41, 5.74) is 11.9. The van der Waals surface area contributed by atoms with Crippen molar-refractivity contribution in [2.24, 2.45) is 7.05 Å². The maximum absolute atomic E-state index is 5.11. The highest BCUT2D eigenvalue weighted by Gasteiger charge is 2.17. The van der Waals surface area contributed by atoms with Crippen LogP contribution < -0.4 is 0 Å². The summed E-state index contributed by atoms with van der Waals surface area (Å²) in [7, 11) is 2.10. The van der Waals surface area contributed by atoms with Crippen molar-refractivity contribution in [2.45, 2.75) is 40.2 Å². The molecule has 0 amide bonds. The molecule has 184 valence electrons. The summed E-state index contributed by atoms with van der Waals surface area (Å²) < 4.78 is 4.59. The molecule has 4 aromatic carbocycles. The van der Waals surface area contributed by atoms with E-state index in [0.29, 0.717) is 0 Å². The molecular weight excluding hydrogens is 452 g/mol. The molecule has 6 aromatic rings. The van der Waals surface area contributed by atoms with Gasteiger partial charge in [0.25, 0.3) is 0 Å². The molecule has 0 aliphatic heterocycles. The Balaban J connectivity index is 1.44. The molecular formula is C33H32N4. The Labute approximate surface area is 218 Å². The van der Waals surface area contributed by atoms with Crippen LogP contribution >= 0.6 is 0 Å². The van der Waals surface area contributed by atoms with Gasteiger partial charge in [0.15, 0.2) is 0 Å². The number of imidazole rings is 2. The normalized spacial score (nSPS) is 11.6. The third kappa shape index (κ3) is 4.13. The van der Waals surface area contributed by atoms with E-state index in [1.807, 2.05) is 6.07 Å². The summed E-state index contributed by atoms with van der Waals surface area (Å²) in [6.07, 6.45) is 2.02. The zero-order valence-electron chi connectivity index (χ0n) is 22.0. The van der Waals surface area contributed by atoms with E-state index in [1.54, 1.807) is 0 Å². The Morgan fingerprint density at radius 3 is 2.24 bits per heavy atom. The van der Waals surface area contributed by atoms with Gasteiger partial charge < -0.3 is 9.13 Å². The number of fused-ring (bicyclic) bond motifs is 2. The Kier molecular flexibility index (Phi) is 5.88. The molecule has 0 aliphatic rings. The van der Waals surface area contributed by atoms with Crippen LogP contribution in [0.3, 0.4) is 0 Å². The van der Waals surface area contributed by atoms with Gasteiger partial charge in [-0.3, -0.25) is 0 Å². The van der Waals surface area contributed by atoms with E-state index in [2.05, 4.69) is 116 Å². The highest BCUT2D eigenvalue weighted by Crippen LogP contribution is 2.31. The Bertz CT molecular complexity index is 1730. The van der Waals surface area contributed by atoms with Crippen LogP contribution in [0.5, 0.6) is 0 Å². The van der Waals surface area contributed by atoms with Crippen molar-refractivity contribution >= 4 is 22.1 Å². The zero-order chi connectivity index (χ0) is 25.5. The molecule has 6 rings (SSSR count). The number of aromatic nitrogens is 4. The maximum Gasteiger partial charge on any atom is 0.140 e. The van der Waals surface area contributed by atoms with Crippen molar-refractivity contribution in [3.05, 3.63) is 107 Å². The molecule has 2 aromatic heterocycles. The monoisotopic (exact) mass is 484 g/mol. The lowest BCUT2D eigenvalue weighted by Crippen LogP contribution is -2.05. The third-order valence-corrected chi connectivity index (χ3v) is 7.39. The van der Waals surface area contributed by atoms with Gasteiger partial charge in [-0.2, -0.15) is 0 Å². The van der Waals surface area contributed by atoms with E-state index in [1.165, 1.54) is 33.3 Å². The van der Waals surface area contributed by atoms with Crippen LogP contribution in [-0.2, 0) is 20.0 Å². The average molecular weight is 485 g/mol. The fourth-order valence-electron chi connectivity index (χ4n) is 5.43. The SMILES string of the molecule is CCCc1nc2c(C)cc(-c3nc4ccccc4n3C)cc2n1Cc1ccc(-c2ccccc2C)cc1. The van der Waals surface area contributed by atoms with Gasteiger partial charge in [-0.15, -0.1) is 0 Å². The number of nitrogens with zero attached hydrogens (tertiary/aromatic N) is 4. The first-order valence-corrected chi connectivity index (χ1v) is 13.1. The van der Waals surface area contributed by atoms with E-state index in [4.69, 9.17) is 9.97 Å². The first-order valence-electron chi connectivity index (χ1n) is 13.1. The smallest absolute Gasteiger partial charge is 0.140 e. The minimum absolute atomic E-state index is 0.797. The number of hydrogen-bond donors (Lipinski definition) is 0. The van der Waals surface area contributed by atoms with Crippen molar-refractivity contribution in [3.63, 3.8) is 0 Å². The fourth-order valence-corrected chi connectivity index (χ4v) is 5.43. The maximum atomic E-state index is 5.11. The molecule has 0 radical (unpaired) electrons. The Hall–Kier alpha value is -4.18. The van der Waals surface area contributed by atoms with Crippen LogP contribution in [0.1, 0.15) is 35.9 Å². The predicted molar refractivity (Wildman–Crippen MR) is 154 cm³/mol. The quantitative estimate of drug-likeness (QED) is 0.241. The van der Waals surface area contributed by atoms with Gasteiger partial charge in [-0.25, -0.2) is 9.97 Å². The Morgan fingerprint density at radius 1 is 0.730 bits per heavy atom. The van der Waals surface area contributed by atoms with E-state index in [0.717, 1.165) is 53.1 Å². The molecule has 0 saturated heterocycles. The number of benzene rings is 4. The largest absolute Gasteiger partial charge is 0.327 e. The van der Waals surface area contributed by atoms with Gasteiger partial charge in [-0.1, -0.05) is 67.6 Å². The summed E-state index contributed by atoms with van der Waals surface area (Å²) in [6.45, 7) is 7.35. The van der Waals surface area contributed by atoms with Gasteiger partial charge in [0.1, 0.15) is 11.6 Å². The van der Waals surface area contributed by atoms with Gasteiger partial charge in [-0.05, 0) is 72.4 Å². The Morgan fingerprint density at radius 2 is 1.49 bits per heavy atom. The van der Waals surface area contributed by atoms with Gasteiger partial charge in [0.2, 0.25) is 0 Å². The predicted octanol–water partition coefficient (Wildman–Crippen LogP) is 7.87. The second kappa shape index (κ2) is 9.36. The van der Waals surface area contributed by atoms with Crippen molar-refractivity contribution in [1.29, 1.82) is 0 Å². The van der Waals surface area contributed by atoms with E-state index < -0.39 is 0 Å². The van der Waals surface area contributed by atoms with E-state index in [9.17, 15) is 0 Å². The third-order valence-electron chi connectivity index (χ3n) is 7.39. The van der Waals surface area contributed by atoms with Crippen molar-refractivity contribution in [3.8, 4) is 22.5 Å². The molecule has 0 fully saturated rings. The number of aryl methyl sites for hydroxylation is 4. The summed E-state index contributed by atoms with van der Waals surface area (Å²) in [4.78, 5) is 10.1. The lowest BCUT2D eigenvalue weighted by molar-refractivity contribution is 0.722. The fraction of sp³-hybridized carbons (Fsp3) is 0.212. The van der Waals surface area contributed by atoms with Gasteiger partial charge in [0, 0.05) is 25.6 Å². The van der Waals surface area contributed by atoms with Crippen molar-refractivity contribution < 1.29 is 0 Å². The van der Waals surface area contributed by atoms with Crippen LogP contribution in [0.2, 0.25) is 0 Å². The molecule has 2 heterocycles. The average Bonchev–Trinajstić information content (AvgIpc) is 3.43. The summed E-state index contributed by atoms with van der Waals surface area (Å²) in [5, 5.41) is 0. The minimum atomic E-state index is 0.797. The van der Waals surface area contributed by atoms with E-state index >= 15 is 0 Å². The lowest BCUT2D eigenvalue weighted by Gasteiger charge is -2.12. The molecule has 4 heteroatoms. The molecule has 0 saturated carbocycles. The summed E-state index contributed by atoms with van der Waals surface area (Å²) in [6, 6.07) is 30.4. The molecule has 37 heavy (non-hydrogen) atoms. The molecule has 0 atom stereocenters. The van der Waals surface area contributed by atoms with Crippen LogP contribution in [0, 0.1) is 13.8 Å². The van der Waals surface area contributed by atoms with Crippen LogP contribution in [0.15, 0.2) is 84.9 Å². The second-order valence-corrected chi connectivity index (χ2v) is 10.0. The van der Waals surface area contributed by atoms with Crippen LogP contribution in [0.4, 0.5) is 0 Å². The number of para-hydroxylation sites is 2. The first kappa shape index (κ1) is 23.2. The van der Waals surface area contributed by atoms with Crippen molar-refractivity contribution in [1.82, 2.24) is 19.1 Å². The highest BCUT2D eigenvalue weighted by atomic mass is 15.1. The molecule has 0 spiro atoms. The van der Waals surface area contributed by atoms with Gasteiger partial charge in [0.05, 0.1) is 22.1 Å². The molecule has 0 unspecified atom stereocenters. The van der Waals surface area contributed by atoms with Crippen LogP contribution in [0.25, 0.3) is 44.6 Å². The molecule has 0 bridgehead atoms. The standard InChI is InChI=1S/C33H32N4/c1-5-10-31-35-32-23(3)19-26(33-34-28-13-8-9-14-29(28)36(33)4)20-30(32)37(31)21-24-15-17-25(18-16-24)27-12-7-6-11-22(27)2/h6-9,11-20H,5,10,21H2,1-4H3. The molecule has 0 N–H and O–H groups in total. The summed E-state index contributed by atoms with van der Waals surface area (Å²) >= 11 is 0. The number of hydrogen-bond acceptors (Lipinski definition) is 2. The van der Waals surface area contributed by atoms with Crippen molar-refractivity contribution in [2.75, 3.05) is 0 Å². The lowest BCUT2D eigenvalue weighted by atomic mass is 9.99. The number of rotatable bonds is 6. The van der Waals surface area contributed by atoms with E-state index in [-0.39, 0.29) is 0 Å². The second-order valence-electron chi connectivity index (χ2n) is 10.0. The molecule has 0 aliphatic carbocycles. The minimum Gasteiger partial charge on any atom is -0.327 e.